The van der Waals surface area contributed by atoms with Crippen molar-refractivity contribution in [3.63, 3.8) is 0 Å². The van der Waals surface area contributed by atoms with Crippen molar-refractivity contribution in [2.45, 2.75) is 32.9 Å². The van der Waals surface area contributed by atoms with E-state index >= 15 is 0 Å². The summed E-state index contributed by atoms with van der Waals surface area (Å²) in [6, 6.07) is 16.9. The molecule has 0 saturated carbocycles. The molecule has 1 unspecified atom stereocenters. The summed E-state index contributed by atoms with van der Waals surface area (Å²) in [5.74, 6) is 0.667. The molecular formula is C18H22N2O2. The molecule has 2 N–H and O–H groups in total. The van der Waals surface area contributed by atoms with Crippen LogP contribution in [-0.4, -0.2) is 12.1 Å². The van der Waals surface area contributed by atoms with E-state index in [1.54, 1.807) is 0 Å². The van der Waals surface area contributed by atoms with E-state index in [4.69, 9.17) is 4.74 Å². The zero-order valence-electron chi connectivity index (χ0n) is 13.2. The molecule has 0 bridgehead atoms. The number of hydrogen-bond acceptors (Lipinski definition) is 2. The van der Waals surface area contributed by atoms with E-state index in [0.717, 1.165) is 5.56 Å². The number of para-hydroxylation sites is 2. The zero-order chi connectivity index (χ0) is 15.9. The molecular weight excluding hydrogens is 276 g/mol. The number of nitrogens with one attached hydrogen (secondary N) is 2. The highest BCUT2D eigenvalue weighted by atomic mass is 16.5. The number of urea groups is 1. The van der Waals surface area contributed by atoms with Gasteiger partial charge in [-0.05, 0) is 38.5 Å². The van der Waals surface area contributed by atoms with Crippen molar-refractivity contribution in [3.05, 3.63) is 60.2 Å². The van der Waals surface area contributed by atoms with Gasteiger partial charge in [-0.3, -0.25) is 0 Å². The highest BCUT2D eigenvalue weighted by molar-refractivity contribution is 5.91. The highest BCUT2D eigenvalue weighted by Gasteiger charge is 2.11. The lowest BCUT2D eigenvalue weighted by Gasteiger charge is -2.17. The lowest BCUT2D eigenvalue weighted by Crippen LogP contribution is -2.31. The van der Waals surface area contributed by atoms with E-state index in [2.05, 4.69) is 10.6 Å². The van der Waals surface area contributed by atoms with Crippen molar-refractivity contribution >= 4 is 11.7 Å². The number of rotatable bonds is 5. The molecule has 4 nitrogen and oxygen atoms in total. The van der Waals surface area contributed by atoms with Gasteiger partial charge in [0.2, 0.25) is 0 Å². The van der Waals surface area contributed by atoms with E-state index in [0.29, 0.717) is 11.4 Å². The standard InChI is InChI=1S/C18H22N2O2/c1-13(2)22-17-12-8-7-11-16(17)20-18(21)19-14(3)15-9-5-4-6-10-15/h4-14H,1-3H3,(H2,19,20,21). The van der Waals surface area contributed by atoms with E-state index in [1.165, 1.54) is 0 Å². The Morgan fingerprint density at radius 2 is 1.59 bits per heavy atom. The summed E-state index contributed by atoms with van der Waals surface area (Å²) in [5.41, 5.74) is 1.72. The molecule has 22 heavy (non-hydrogen) atoms. The zero-order valence-corrected chi connectivity index (χ0v) is 13.2. The van der Waals surface area contributed by atoms with E-state index in [1.807, 2.05) is 75.4 Å². The quantitative estimate of drug-likeness (QED) is 0.862. The summed E-state index contributed by atoms with van der Waals surface area (Å²) in [4.78, 5) is 12.2. The molecule has 0 aromatic heterocycles. The molecule has 0 heterocycles. The summed E-state index contributed by atoms with van der Waals surface area (Å²) >= 11 is 0. The van der Waals surface area contributed by atoms with Crippen LogP contribution in [0.3, 0.4) is 0 Å². The van der Waals surface area contributed by atoms with Crippen LogP contribution < -0.4 is 15.4 Å². The van der Waals surface area contributed by atoms with Gasteiger partial charge in [0.25, 0.3) is 0 Å². The number of hydrogen-bond donors (Lipinski definition) is 2. The second-order valence-electron chi connectivity index (χ2n) is 5.39. The number of ether oxygens (including phenoxy) is 1. The van der Waals surface area contributed by atoms with Crippen LogP contribution >= 0.6 is 0 Å². The fourth-order valence-corrected chi connectivity index (χ4v) is 2.11. The number of carbonyl (C=O) groups is 1. The number of amides is 2. The van der Waals surface area contributed by atoms with Gasteiger partial charge in [0.1, 0.15) is 5.75 Å². The van der Waals surface area contributed by atoms with Crippen LogP contribution in [0.5, 0.6) is 5.75 Å². The maximum Gasteiger partial charge on any atom is 0.319 e. The van der Waals surface area contributed by atoms with E-state index in [-0.39, 0.29) is 18.2 Å². The highest BCUT2D eigenvalue weighted by Crippen LogP contribution is 2.25. The second-order valence-corrected chi connectivity index (χ2v) is 5.39. The molecule has 0 fully saturated rings. The first-order valence-corrected chi connectivity index (χ1v) is 7.44. The normalized spacial score (nSPS) is 11.8. The third kappa shape index (κ3) is 4.52. The van der Waals surface area contributed by atoms with Crippen molar-refractivity contribution < 1.29 is 9.53 Å². The monoisotopic (exact) mass is 298 g/mol. The molecule has 0 aliphatic heterocycles. The summed E-state index contributed by atoms with van der Waals surface area (Å²) < 4.78 is 5.69. The van der Waals surface area contributed by atoms with Gasteiger partial charge in [-0.15, -0.1) is 0 Å². The summed E-state index contributed by atoms with van der Waals surface area (Å²) in [6.07, 6.45) is 0.0502. The SMILES string of the molecule is CC(C)Oc1ccccc1NC(=O)NC(C)c1ccccc1. The van der Waals surface area contributed by atoms with Gasteiger partial charge in [-0.25, -0.2) is 4.79 Å². The van der Waals surface area contributed by atoms with Gasteiger partial charge in [0.15, 0.2) is 0 Å². The first-order chi connectivity index (χ1) is 10.6. The lowest BCUT2D eigenvalue weighted by molar-refractivity contribution is 0.241. The molecule has 2 aromatic rings. The average molecular weight is 298 g/mol. The molecule has 0 aliphatic rings. The van der Waals surface area contributed by atoms with Crippen LogP contribution in [0.15, 0.2) is 54.6 Å². The van der Waals surface area contributed by atoms with Crippen LogP contribution in [0.4, 0.5) is 10.5 Å². The smallest absolute Gasteiger partial charge is 0.319 e. The number of carbonyl (C=O) groups excluding carboxylic acids is 1. The van der Waals surface area contributed by atoms with Crippen molar-refractivity contribution in [2.24, 2.45) is 0 Å². The summed E-state index contributed by atoms with van der Waals surface area (Å²) in [6.45, 7) is 5.86. The average Bonchev–Trinajstić information content (AvgIpc) is 2.49. The minimum Gasteiger partial charge on any atom is -0.489 e. The molecule has 2 rings (SSSR count). The molecule has 0 radical (unpaired) electrons. The minimum absolute atomic E-state index is 0.0502. The van der Waals surface area contributed by atoms with Crippen molar-refractivity contribution in [3.8, 4) is 5.75 Å². The Morgan fingerprint density at radius 1 is 0.955 bits per heavy atom. The molecule has 4 heteroatoms. The molecule has 0 saturated heterocycles. The molecule has 116 valence electrons. The first kappa shape index (κ1) is 15.9. The maximum absolute atomic E-state index is 12.2. The largest absolute Gasteiger partial charge is 0.489 e. The Kier molecular flexibility index (Phi) is 5.42. The molecule has 2 aromatic carbocycles. The Balaban J connectivity index is 2.00. The van der Waals surface area contributed by atoms with Gasteiger partial charge in [-0.1, -0.05) is 42.5 Å². The Hall–Kier alpha value is -2.49. The van der Waals surface area contributed by atoms with Gasteiger partial charge in [0.05, 0.1) is 17.8 Å². The second kappa shape index (κ2) is 7.50. The predicted molar refractivity (Wildman–Crippen MR) is 89.2 cm³/mol. The Bertz CT molecular complexity index is 611. The predicted octanol–water partition coefficient (Wildman–Crippen LogP) is 4.36. The fourth-order valence-electron chi connectivity index (χ4n) is 2.11. The molecule has 0 aliphatic carbocycles. The van der Waals surface area contributed by atoms with Gasteiger partial charge < -0.3 is 15.4 Å². The minimum atomic E-state index is -0.254. The number of anilines is 1. The van der Waals surface area contributed by atoms with Gasteiger partial charge >= 0.3 is 6.03 Å². The topological polar surface area (TPSA) is 50.4 Å². The van der Waals surface area contributed by atoms with Crippen molar-refractivity contribution in [1.82, 2.24) is 5.32 Å². The van der Waals surface area contributed by atoms with E-state index in [9.17, 15) is 4.79 Å². The molecule has 1 atom stereocenters. The van der Waals surface area contributed by atoms with Gasteiger partial charge in [0, 0.05) is 0 Å². The van der Waals surface area contributed by atoms with E-state index < -0.39 is 0 Å². The Labute approximate surface area is 131 Å². The summed E-state index contributed by atoms with van der Waals surface area (Å²) in [7, 11) is 0. The van der Waals surface area contributed by atoms with Crippen LogP contribution in [0.25, 0.3) is 0 Å². The maximum atomic E-state index is 12.2. The van der Waals surface area contributed by atoms with Crippen LogP contribution in [-0.2, 0) is 0 Å². The van der Waals surface area contributed by atoms with Crippen molar-refractivity contribution in [1.29, 1.82) is 0 Å². The summed E-state index contributed by atoms with van der Waals surface area (Å²) in [5, 5.41) is 5.76. The molecule has 2 amide bonds. The number of benzene rings is 2. The van der Waals surface area contributed by atoms with Crippen LogP contribution in [0, 0.1) is 0 Å². The van der Waals surface area contributed by atoms with Crippen molar-refractivity contribution in [2.75, 3.05) is 5.32 Å². The lowest BCUT2D eigenvalue weighted by atomic mass is 10.1. The fraction of sp³-hybridized carbons (Fsp3) is 0.278. The first-order valence-electron chi connectivity index (χ1n) is 7.44. The van der Waals surface area contributed by atoms with Crippen LogP contribution in [0.1, 0.15) is 32.4 Å². The third-order valence-corrected chi connectivity index (χ3v) is 3.15. The Morgan fingerprint density at radius 3 is 2.27 bits per heavy atom. The van der Waals surface area contributed by atoms with Gasteiger partial charge in [-0.2, -0.15) is 0 Å². The third-order valence-electron chi connectivity index (χ3n) is 3.15. The molecule has 0 spiro atoms. The van der Waals surface area contributed by atoms with Crippen LogP contribution in [0.2, 0.25) is 0 Å².